The van der Waals surface area contributed by atoms with E-state index in [-0.39, 0.29) is 5.76 Å². The van der Waals surface area contributed by atoms with Crippen LogP contribution < -0.4 is 0 Å². The van der Waals surface area contributed by atoms with Crippen molar-refractivity contribution in [3.63, 3.8) is 0 Å². The number of hydrogen-bond donors (Lipinski definition) is 0. The molecule has 1 heterocycles. The molecule has 0 amide bonds. The predicted octanol–water partition coefficient (Wildman–Crippen LogP) is 2.21. The van der Waals surface area contributed by atoms with Gasteiger partial charge in [-0.05, 0) is 17.7 Å². The highest BCUT2D eigenvalue weighted by molar-refractivity contribution is 6.07. The summed E-state index contributed by atoms with van der Waals surface area (Å²) in [5.74, 6) is -4.64. The minimum Gasteiger partial charge on any atom is -0.468 e. The van der Waals surface area contributed by atoms with Crippen molar-refractivity contribution in [2.45, 2.75) is 5.92 Å². The van der Waals surface area contributed by atoms with Crippen LogP contribution in [0.1, 0.15) is 22.0 Å². The zero-order chi connectivity index (χ0) is 16.8. The molecule has 0 spiro atoms. The van der Waals surface area contributed by atoms with E-state index >= 15 is 0 Å². The van der Waals surface area contributed by atoms with Crippen molar-refractivity contribution in [1.82, 2.24) is 0 Å². The molecule has 6 heteroatoms. The van der Waals surface area contributed by atoms with Gasteiger partial charge < -0.3 is 13.9 Å². The summed E-state index contributed by atoms with van der Waals surface area (Å²) < 4.78 is 14.5. The average molecular weight is 316 g/mol. The fraction of sp³-hybridized carbons (Fsp3) is 0.235. The van der Waals surface area contributed by atoms with E-state index in [9.17, 15) is 14.4 Å². The van der Waals surface area contributed by atoms with Crippen LogP contribution in [0.5, 0.6) is 0 Å². The topological polar surface area (TPSA) is 82.8 Å². The molecule has 1 aromatic carbocycles. The summed E-state index contributed by atoms with van der Waals surface area (Å²) in [5.41, 5.74) is 0.495. The van der Waals surface area contributed by atoms with E-state index in [1.807, 2.05) is 0 Å². The third-order valence-electron chi connectivity index (χ3n) is 3.45. The summed E-state index contributed by atoms with van der Waals surface area (Å²) >= 11 is 0. The van der Waals surface area contributed by atoms with Crippen molar-refractivity contribution in [2.75, 3.05) is 14.2 Å². The van der Waals surface area contributed by atoms with Gasteiger partial charge in [0.2, 0.25) is 5.78 Å². The fourth-order valence-electron chi connectivity index (χ4n) is 2.35. The van der Waals surface area contributed by atoms with Crippen LogP contribution in [0.2, 0.25) is 0 Å². The van der Waals surface area contributed by atoms with Gasteiger partial charge in [-0.25, -0.2) is 0 Å². The Balaban J connectivity index is 2.53. The number of methoxy groups -OCH3 is 2. The SMILES string of the molecule is COC(=O)C(C(=O)OC)[C@H](C(=O)c1ccco1)c1ccccc1. The zero-order valence-electron chi connectivity index (χ0n) is 12.7. The van der Waals surface area contributed by atoms with Gasteiger partial charge in [0.1, 0.15) is 0 Å². The maximum atomic E-state index is 12.8. The van der Waals surface area contributed by atoms with Crippen LogP contribution in [0.3, 0.4) is 0 Å². The van der Waals surface area contributed by atoms with Crippen molar-refractivity contribution in [1.29, 1.82) is 0 Å². The Kier molecular flexibility index (Phi) is 5.30. The number of rotatable bonds is 6. The minimum absolute atomic E-state index is 0.0525. The van der Waals surface area contributed by atoms with Gasteiger partial charge in [-0.15, -0.1) is 0 Å². The lowest BCUT2D eigenvalue weighted by atomic mass is 9.82. The fourth-order valence-corrected chi connectivity index (χ4v) is 2.35. The van der Waals surface area contributed by atoms with Crippen LogP contribution in [0.4, 0.5) is 0 Å². The van der Waals surface area contributed by atoms with Crippen LogP contribution >= 0.6 is 0 Å². The Labute approximate surface area is 133 Å². The standard InChI is InChI=1S/C17H16O6/c1-21-16(19)14(17(20)22-2)13(11-7-4-3-5-8-11)15(18)12-9-6-10-23-12/h3-10,13-14H,1-2H3/t13-/m1/s1. The van der Waals surface area contributed by atoms with Crippen molar-refractivity contribution < 1.29 is 28.3 Å². The molecule has 1 atom stereocenters. The molecule has 0 bridgehead atoms. The van der Waals surface area contributed by atoms with E-state index in [1.54, 1.807) is 36.4 Å². The van der Waals surface area contributed by atoms with Gasteiger partial charge in [0.05, 0.1) is 26.4 Å². The lowest BCUT2D eigenvalue weighted by molar-refractivity contribution is -0.159. The molecule has 6 nitrogen and oxygen atoms in total. The number of benzene rings is 1. The second-order valence-corrected chi connectivity index (χ2v) is 4.75. The number of furan rings is 1. The number of carbonyl (C=O) groups is 3. The molecular weight excluding hydrogens is 300 g/mol. The molecule has 0 N–H and O–H groups in total. The highest BCUT2D eigenvalue weighted by Crippen LogP contribution is 2.31. The minimum atomic E-state index is -1.41. The normalized spacial score (nSPS) is 11.8. The van der Waals surface area contributed by atoms with Gasteiger partial charge in [0, 0.05) is 0 Å². The molecular formula is C17H16O6. The second kappa shape index (κ2) is 7.40. The molecule has 23 heavy (non-hydrogen) atoms. The Morgan fingerprint density at radius 3 is 2.00 bits per heavy atom. The molecule has 0 saturated heterocycles. The van der Waals surface area contributed by atoms with Gasteiger partial charge in [-0.3, -0.25) is 14.4 Å². The Morgan fingerprint density at radius 2 is 1.52 bits per heavy atom. The summed E-state index contributed by atoms with van der Waals surface area (Å²) in [6, 6.07) is 11.5. The molecule has 0 unspecified atom stereocenters. The Morgan fingerprint density at radius 1 is 0.913 bits per heavy atom. The smallest absolute Gasteiger partial charge is 0.321 e. The van der Waals surface area contributed by atoms with Gasteiger partial charge in [0.15, 0.2) is 11.7 Å². The molecule has 0 aliphatic heterocycles. The third kappa shape index (κ3) is 3.48. The molecule has 120 valence electrons. The molecule has 2 rings (SSSR count). The molecule has 0 aliphatic carbocycles. The van der Waals surface area contributed by atoms with E-state index in [2.05, 4.69) is 9.47 Å². The monoisotopic (exact) mass is 316 g/mol. The highest BCUT2D eigenvalue weighted by Gasteiger charge is 2.43. The zero-order valence-corrected chi connectivity index (χ0v) is 12.7. The van der Waals surface area contributed by atoms with Gasteiger partial charge in [-0.1, -0.05) is 30.3 Å². The average Bonchev–Trinajstić information content (AvgIpc) is 3.13. The maximum absolute atomic E-state index is 12.8. The molecule has 1 aromatic heterocycles. The summed E-state index contributed by atoms with van der Waals surface area (Å²) in [6.07, 6.45) is 1.35. The van der Waals surface area contributed by atoms with Crippen molar-refractivity contribution in [3.8, 4) is 0 Å². The molecule has 0 aliphatic rings. The van der Waals surface area contributed by atoms with Crippen LogP contribution in [0.15, 0.2) is 53.1 Å². The number of ketones is 1. The lowest BCUT2D eigenvalue weighted by Gasteiger charge is -2.22. The third-order valence-corrected chi connectivity index (χ3v) is 3.45. The lowest BCUT2D eigenvalue weighted by Crippen LogP contribution is -2.36. The van der Waals surface area contributed by atoms with E-state index in [0.29, 0.717) is 5.56 Å². The number of hydrogen-bond acceptors (Lipinski definition) is 6. The number of Topliss-reactive ketones (excluding diaryl/α,β-unsaturated/α-hetero) is 1. The number of esters is 2. The quantitative estimate of drug-likeness (QED) is 0.461. The van der Waals surface area contributed by atoms with Gasteiger partial charge >= 0.3 is 11.9 Å². The maximum Gasteiger partial charge on any atom is 0.321 e. The molecule has 0 fully saturated rings. The number of carbonyl (C=O) groups excluding carboxylic acids is 3. The summed E-state index contributed by atoms with van der Waals surface area (Å²) in [6.45, 7) is 0. The largest absolute Gasteiger partial charge is 0.468 e. The molecule has 2 aromatic rings. The predicted molar refractivity (Wildman–Crippen MR) is 79.7 cm³/mol. The van der Waals surface area contributed by atoms with Crippen molar-refractivity contribution in [2.24, 2.45) is 5.92 Å². The molecule has 0 saturated carbocycles. The van der Waals surface area contributed by atoms with Crippen LogP contribution in [-0.4, -0.2) is 31.9 Å². The Bertz CT molecular complexity index is 658. The van der Waals surface area contributed by atoms with Crippen LogP contribution in [0, 0.1) is 5.92 Å². The number of ether oxygens (including phenoxy) is 2. The van der Waals surface area contributed by atoms with E-state index in [0.717, 1.165) is 14.2 Å². The van der Waals surface area contributed by atoms with Crippen molar-refractivity contribution in [3.05, 3.63) is 60.1 Å². The first-order valence-corrected chi connectivity index (χ1v) is 6.88. The first-order valence-electron chi connectivity index (χ1n) is 6.88. The summed E-state index contributed by atoms with van der Waals surface area (Å²) in [4.78, 5) is 37.0. The Hall–Kier alpha value is -2.89. The van der Waals surface area contributed by atoms with Crippen LogP contribution in [-0.2, 0) is 19.1 Å². The van der Waals surface area contributed by atoms with E-state index in [4.69, 9.17) is 4.42 Å². The first-order chi connectivity index (χ1) is 11.1. The van der Waals surface area contributed by atoms with Crippen molar-refractivity contribution >= 4 is 17.7 Å². The van der Waals surface area contributed by atoms with E-state index in [1.165, 1.54) is 12.3 Å². The van der Waals surface area contributed by atoms with Crippen LogP contribution in [0.25, 0.3) is 0 Å². The van der Waals surface area contributed by atoms with E-state index < -0.39 is 29.6 Å². The highest BCUT2D eigenvalue weighted by atomic mass is 16.5. The first kappa shape index (κ1) is 16.5. The summed E-state index contributed by atoms with van der Waals surface area (Å²) in [5, 5.41) is 0. The second-order valence-electron chi connectivity index (χ2n) is 4.75. The molecule has 0 radical (unpaired) electrons. The van der Waals surface area contributed by atoms with Gasteiger partial charge in [0.25, 0.3) is 0 Å². The summed E-state index contributed by atoms with van der Waals surface area (Å²) in [7, 11) is 2.30. The van der Waals surface area contributed by atoms with Gasteiger partial charge in [-0.2, -0.15) is 0 Å².